The van der Waals surface area contributed by atoms with Gasteiger partial charge < -0.3 is 5.11 Å². The minimum absolute atomic E-state index is 0.524. The molecule has 0 radical (unpaired) electrons. The molecule has 0 aromatic heterocycles. The number of carbonyl (C=O) groups is 1. The second-order valence-corrected chi connectivity index (χ2v) is 3.09. The minimum Gasteiger partial charge on any atom is -0.379 e. The summed E-state index contributed by atoms with van der Waals surface area (Å²) in [6.07, 6.45) is 0.924. The molecule has 6 heteroatoms. The van der Waals surface area contributed by atoms with Crippen molar-refractivity contribution in [3.8, 4) is 0 Å². The van der Waals surface area contributed by atoms with Crippen LogP contribution in [-0.2, 0) is 13.9 Å². The van der Waals surface area contributed by atoms with E-state index >= 15 is 0 Å². The standard InChI is InChI=1S/C6H9O5P/c1-3-5(7)6(2,8)4-11-12(9)10/h3,8H,1,4H2,2H3/p+1. The molecule has 0 aliphatic heterocycles. The summed E-state index contributed by atoms with van der Waals surface area (Å²) in [6, 6.07) is 0. The lowest BCUT2D eigenvalue weighted by Crippen LogP contribution is -2.38. The number of carbonyl (C=O) groups excluding carboxylic acids is 1. The number of hydrogen-bond acceptors (Lipinski definition) is 4. The SMILES string of the molecule is C=CC(=O)C(C)(O)CO[P+](=O)O. The molecule has 0 saturated carbocycles. The van der Waals surface area contributed by atoms with Crippen molar-refractivity contribution < 1.29 is 23.9 Å². The first-order chi connectivity index (χ1) is 5.40. The zero-order valence-corrected chi connectivity index (χ0v) is 7.45. The molecule has 5 nitrogen and oxygen atoms in total. The van der Waals surface area contributed by atoms with E-state index in [4.69, 9.17) is 4.89 Å². The Morgan fingerprint density at radius 2 is 2.33 bits per heavy atom. The molecular formula is C6H10O5P+. The molecule has 0 aromatic carbocycles. The van der Waals surface area contributed by atoms with Crippen molar-refractivity contribution >= 4 is 14.0 Å². The molecular weight excluding hydrogens is 183 g/mol. The number of hydrogen-bond donors (Lipinski definition) is 2. The fraction of sp³-hybridized carbons (Fsp3) is 0.500. The van der Waals surface area contributed by atoms with Crippen LogP contribution in [0, 0.1) is 0 Å². The van der Waals surface area contributed by atoms with Gasteiger partial charge in [-0.2, -0.15) is 0 Å². The van der Waals surface area contributed by atoms with Crippen LogP contribution < -0.4 is 0 Å². The van der Waals surface area contributed by atoms with Crippen molar-refractivity contribution in [1.29, 1.82) is 0 Å². The maximum atomic E-state index is 10.8. The monoisotopic (exact) mass is 193 g/mol. The third-order valence-electron chi connectivity index (χ3n) is 1.17. The summed E-state index contributed by atoms with van der Waals surface area (Å²) in [5.74, 6) is -0.653. The van der Waals surface area contributed by atoms with Gasteiger partial charge in [-0.25, -0.2) is 0 Å². The van der Waals surface area contributed by atoms with Crippen LogP contribution in [0.2, 0.25) is 0 Å². The van der Waals surface area contributed by atoms with Gasteiger partial charge in [-0.15, -0.1) is 9.42 Å². The van der Waals surface area contributed by atoms with E-state index in [1.54, 1.807) is 0 Å². The second kappa shape index (κ2) is 4.42. The maximum Gasteiger partial charge on any atom is 0.694 e. The van der Waals surface area contributed by atoms with Crippen molar-refractivity contribution in [1.82, 2.24) is 0 Å². The summed E-state index contributed by atoms with van der Waals surface area (Å²) < 4.78 is 14.2. The normalized spacial score (nSPS) is 16.4. The van der Waals surface area contributed by atoms with Gasteiger partial charge in [0.25, 0.3) is 0 Å². The van der Waals surface area contributed by atoms with Gasteiger partial charge in [-0.05, 0) is 13.0 Å². The second-order valence-electron chi connectivity index (χ2n) is 2.35. The summed E-state index contributed by atoms with van der Waals surface area (Å²) in [7, 11) is -2.79. The smallest absolute Gasteiger partial charge is 0.379 e. The molecule has 0 spiro atoms. The molecule has 12 heavy (non-hydrogen) atoms. The van der Waals surface area contributed by atoms with Gasteiger partial charge in [-0.1, -0.05) is 6.58 Å². The van der Waals surface area contributed by atoms with Crippen molar-refractivity contribution in [3.63, 3.8) is 0 Å². The molecule has 0 heterocycles. The van der Waals surface area contributed by atoms with Gasteiger partial charge in [0, 0.05) is 4.57 Å². The molecule has 0 aromatic rings. The van der Waals surface area contributed by atoms with Gasteiger partial charge in [0.05, 0.1) is 0 Å². The van der Waals surface area contributed by atoms with E-state index in [1.165, 1.54) is 6.92 Å². The van der Waals surface area contributed by atoms with Crippen LogP contribution in [0.3, 0.4) is 0 Å². The molecule has 0 fully saturated rings. The predicted octanol–water partition coefficient (Wildman–Crippen LogP) is 0.159. The fourth-order valence-corrected chi connectivity index (χ4v) is 0.834. The van der Waals surface area contributed by atoms with Crippen LogP contribution in [-0.4, -0.2) is 28.0 Å². The zero-order valence-electron chi connectivity index (χ0n) is 6.56. The van der Waals surface area contributed by atoms with Crippen LogP contribution in [0.5, 0.6) is 0 Å². The quantitative estimate of drug-likeness (QED) is 0.480. The highest BCUT2D eigenvalue weighted by atomic mass is 31.1. The Hall–Kier alpha value is -0.610. The van der Waals surface area contributed by atoms with E-state index in [-0.39, 0.29) is 0 Å². The molecule has 0 amide bonds. The van der Waals surface area contributed by atoms with Gasteiger partial charge in [0.2, 0.25) is 0 Å². The molecule has 2 N–H and O–H groups in total. The molecule has 0 aliphatic rings. The highest BCUT2D eigenvalue weighted by molar-refractivity contribution is 7.32. The first-order valence-corrected chi connectivity index (χ1v) is 4.21. The van der Waals surface area contributed by atoms with Crippen molar-refractivity contribution in [2.24, 2.45) is 0 Å². The predicted molar refractivity (Wildman–Crippen MR) is 41.6 cm³/mol. The molecule has 0 rings (SSSR count). The van der Waals surface area contributed by atoms with E-state index in [2.05, 4.69) is 11.1 Å². The average molecular weight is 193 g/mol. The molecule has 2 unspecified atom stereocenters. The number of aliphatic hydroxyl groups is 1. The highest BCUT2D eigenvalue weighted by Crippen LogP contribution is 2.18. The third kappa shape index (κ3) is 3.69. The molecule has 0 aliphatic carbocycles. The first kappa shape index (κ1) is 11.4. The van der Waals surface area contributed by atoms with Crippen LogP contribution in [0.25, 0.3) is 0 Å². The minimum atomic E-state index is -2.79. The van der Waals surface area contributed by atoms with Gasteiger partial charge >= 0.3 is 8.25 Å². The van der Waals surface area contributed by atoms with Gasteiger partial charge in [0.1, 0.15) is 6.61 Å². The van der Waals surface area contributed by atoms with Crippen molar-refractivity contribution in [2.75, 3.05) is 6.61 Å². The number of ketones is 1. The van der Waals surface area contributed by atoms with E-state index in [0.29, 0.717) is 0 Å². The van der Waals surface area contributed by atoms with Crippen LogP contribution >= 0.6 is 8.25 Å². The van der Waals surface area contributed by atoms with Gasteiger partial charge in [0.15, 0.2) is 11.4 Å². The maximum absolute atomic E-state index is 10.8. The summed E-state index contributed by atoms with van der Waals surface area (Å²) in [5.41, 5.74) is -1.78. The van der Waals surface area contributed by atoms with Crippen LogP contribution in [0.4, 0.5) is 0 Å². The lowest BCUT2D eigenvalue weighted by Gasteiger charge is -2.14. The lowest BCUT2D eigenvalue weighted by atomic mass is 10.0. The Morgan fingerprint density at radius 1 is 1.83 bits per heavy atom. The van der Waals surface area contributed by atoms with Crippen LogP contribution in [0.15, 0.2) is 12.7 Å². The molecule has 0 bridgehead atoms. The Labute approximate surface area is 70.6 Å². The highest BCUT2D eigenvalue weighted by Gasteiger charge is 2.32. The van der Waals surface area contributed by atoms with Crippen LogP contribution in [0.1, 0.15) is 6.92 Å². The summed E-state index contributed by atoms with van der Waals surface area (Å²) in [6.45, 7) is 3.81. The van der Waals surface area contributed by atoms with E-state index in [9.17, 15) is 14.5 Å². The third-order valence-corrected chi connectivity index (χ3v) is 1.52. The largest absolute Gasteiger partial charge is 0.694 e. The molecule has 0 saturated heterocycles. The van der Waals surface area contributed by atoms with Crippen molar-refractivity contribution in [3.05, 3.63) is 12.7 Å². The topological polar surface area (TPSA) is 83.8 Å². The summed E-state index contributed by atoms with van der Waals surface area (Å²) >= 11 is 0. The Bertz CT molecular complexity index is 210. The molecule has 2 atom stereocenters. The average Bonchev–Trinajstić information content (AvgIpc) is 1.99. The zero-order chi connectivity index (χ0) is 9.78. The van der Waals surface area contributed by atoms with E-state index in [1.807, 2.05) is 0 Å². The Morgan fingerprint density at radius 3 is 2.67 bits per heavy atom. The Kier molecular flexibility index (Phi) is 4.20. The number of rotatable bonds is 5. The van der Waals surface area contributed by atoms with E-state index < -0.39 is 26.2 Å². The lowest BCUT2D eigenvalue weighted by molar-refractivity contribution is -0.133. The Balaban J connectivity index is 4.12. The van der Waals surface area contributed by atoms with E-state index in [0.717, 1.165) is 6.08 Å². The summed E-state index contributed by atoms with van der Waals surface area (Å²) in [5, 5.41) is 9.25. The van der Waals surface area contributed by atoms with Gasteiger partial charge in [-0.3, -0.25) is 4.79 Å². The molecule has 68 valence electrons. The van der Waals surface area contributed by atoms with Crippen molar-refractivity contribution in [2.45, 2.75) is 12.5 Å². The fourth-order valence-electron chi connectivity index (χ4n) is 0.472. The summed E-state index contributed by atoms with van der Waals surface area (Å²) in [4.78, 5) is 19.0. The first-order valence-electron chi connectivity index (χ1n) is 3.08.